The molecule has 0 aliphatic carbocycles. The first-order valence-electron chi connectivity index (χ1n) is 6.59. The molecule has 0 bridgehead atoms. The molecule has 0 heterocycles. The second kappa shape index (κ2) is 9.55. The molecule has 0 aliphatic heterocycles. The molecule has 3 N–H and O–H groups in total. The van der Waals surface area contributed by atoms with Crippen LogP contribution in [0.1, 0.15) is 12.0 Å². The third kappa shape index (κ3) is 6.38. The molecule has 1 aromatic rings. The van der Waals surface area contributed by atoms with Crippen molar-refractivity contribution in [2.45, 2.75) is 18.9 Å². The second-order valence-electron chi connectivity index (χ2n) is 4.35. The molecule has 4 heteroatoms. The summed E-state index contributed by atoms with van der Waals surface area (Å²) in [5.41, 5.74) is 1.07. The summed E-state index contributed by atoms with van der Waals surface area (Å²) in [4.78, 5) is 0. The summed E-state index contributed by atoms with van der Waals surface area (Å²) in [6.07, 6.45) is 2.71. The first kappa shape index (κ1) is 15.7. The fourth-order valence-corrected chi connectivity index (χ4v) is 1.69. The predicted octanol–water partition coefficient (Wildman–Crippen LogP) is 1.13. The lowest BCUT2D eigenvalue weighted by molar-refractivity contribution is 0.105. The number of ether oxygens (including phenoxy) is 1. The van der Waals surface area contributed by atoms with Crippen LogP contribution in [-0.4, -0.2) is 42.6 Å². The van der Waals surface area contributed by atoms with E-state index in [9.17, 15) is 5.11 Å². The van der Waals surface area contributed by atoms with Crippen LogP contribution >= 0.6 is 0 Å². The van der Waals surface area contributed by atoms with Gasteiger partial charge in [0.1, 0.15) is 18.5 Å². The molecule has 0 radical (unpaired) electrons. The average Bonchev–Trinajstić information content (AvgIpc) is 2.43. The Kier molecular flexibility index (Phi) is 7.89. The minimum absolute atomic E-state index is 0.161. The highest BCUT2D eigenvalue weighted by Crippen LogP contribution is 2.18. The predicted molar refractivity (Wildman–Crippen MR) is 76.4 cm³/mol. The quantitative estimate of drug-likeness (QED) is 0.438. The summed E-state index contributed by atoms with van der Waals surface area (Å²) in [5, 5.41) is 21.4. The number of benzene rings is 1. The van der Waals surface area contributed by atoms with E-state index in [0.29, 0.717) is 19.5 Å². The Balaban J connectivity index is 2.33. The van der Waals surface area contributed by atoms with E-state index in [-0.39, 0.29) is 13.2 Å². The average molecular weight is 265 g/mol. The third-order valence-electron chi connectivity index (χ3n) is 2.66. The maximum absolute atomic E-state index is 9.76. The van der Waals surface area contributed by atoms with Gasteiger partial charge < -0.3 is 20.3 Å². The lowest BCUT2D eigenvalue weighted by atomic mass is 10.1. The number of hydrogen-bond donors (Lipinski definition) is 3. The van der Waals surface area contributed by atoms with Crippen molar-refractivity contribution in [1.82, 2.24) is 5.32 Å². The Morgan fingerprint density at radius 3 is 2.89 bits per heavy atom. The van der Waals surface area contributed by atoms with Crippen molar-refractivity contribution in [2.75, 3.05) is 26.3 Å². The Bertz CT molecular complexity index is 368. The summed E-state index contributed by atoms with van der Waals surface area (Å²) in [6, 6.07) is 7.75. The molecule has 1 rings (SSSR count). The van der Waals surface area contributed by atoms with Gasteiger partial charge in [-0.05, 0) is 31.0 Å². The number of nitrogens with one attached hydrogen (secondary N) is 1. The van der Waals surface area contributed by atoms with Crippen molar-refractivity contribution >= 4 is 0 Å². The minimum atomic E-state index is -0.560. The van der Waals surface area contributed by atoms with Gasteiger partial charge in [0.05, 0.1) is 0 Å². The number of rotatable bonds is 10. The van der Waals surface area contributed by atoms with E-state index >= 15 is 0 Å². The van der Waals surface area contributed by atoms with Crippen LogP contribution in [0, 0.1) is 0 Å². The van der Waals surface area contributed by atoms with Crippen LogP contribution < -0.4 is 10.1 Å². The van der Waals surface area contributed by atoms with Gasteiger partial charge >= 0.3 is 0 Å². The zero-order valence-electron chi connectivity index (χ0n) is 11.2. The number of hydrogen-bond acceptors (Lipinski definition) is 4. The molecule has 0 amide bonds. The van der Waals surface area contributed by atoms with Crippen LogP contribution in [0.4, 0.5) is 0 Å². The zero-order chi connectivity index (χ0) is 13.9. The topological polar surface area (TPSA) is 61.7 Å². The van der Waals surface area contributed by atoms with Crippen molar-refractivity contribution in [2.24, 2.45) is 0 Å². The number of aliphatic hydroxyl groups is 2. The maximum Gasteiger partial charge on any atom is 0.122 e. The molecule has 0 aromatic heterocycles. The van der Waals surface area contributed by atoms with E-state index in [2.05, 4.69) is 11.9 Å². The maximum atomic E-state index is 9.76. The fourth-order valence-electron chi connectivity index (χ4n) is 1.69. The van der Waals surface area contributed by atoms with Crippen LogP contribution in [0.25, 0.3) is 0 Å². The van der Waals surface area contributed by atoms with Crippen LogP contribution in [0.3, 0.4) is 0 Å². The Labute approximate surface area is 114 Å². The summed E-state index contributed by atoms with van der Waals surface area (Å²) >= 11 is 0. The normalized spacial score (nSPS) is 12.1. The van der Waals surface area contributed by atoms with Crippen LogP contribution in [-0.2, 0) is 6.42 Å². The van der Waals surface area contributed by atoms with E-state index in [1.54, 1.807) is 0 Å². The fraction of sp³-hybridized carbons (Fsp3) is 0.467. The largest absolute Gasteiger partial charge is 0.491 e. The van der Waals surface area contributed by atoms with Crippen molar-refractivity contribution in [3.05, 3.63) is 42.5 Å². The van der Waals surface area contributed by atoms with E-state index in [4.69, 9.17) is 9.84 Å². The number of para-hydroxylation sites is 1. The molecule has 1 atom stereocenters. The van der Waals surface area contributed by atoms with Gasteiger partial charge in [0.2, 0.25) is 0 Å². The summed E-state index contributed by atoms with van der Waals surface area (Å²) in [5.74, 6) is 0.789. The van der Waals surface area contributed by atoms with Crippen LogP contribution in [0.2, 0.25) is 0 Å². The second-order valence-corrected chi connectivity index (χ2v) is 4.35. The van der Waals surface area contributed by atoms with Gasteiger partial charge in [-0.2, -0.15) is 0 Å². The molecule has 1 unspecified atom stereocenters. The van der Waals surface area contributed by atoms with E-state index in [1.165, 1.54) is 0 Å². The first-order chi connectivity index (χ1) is 9.27. The molecule has 0 fully saturated rings. The van der Waals surface area contributed by atoms with E-state index < -0.39 is 6.10 Å². The molecule has 0 saturated carbocycles. The molecule has 1 aromatic carbocycles. The zero-order valence-corrected chi connectivity index (χ0v) is 11.2. The number of aliphatic hydroxyl groups excluding tert-OH is 2. The highest BCUT2D eigenvalue weighted by Gasteiger charge is 2.06. The molecule has 0 aliphatic rings. The molecule has 19 heavy (non-hydrogen) atoms. The molecule has 0 spiro atoms. The number of allylic oxidation sites excluding steroid dienone is 1. The molecule has 4 nitrogen and oxygen atoms in total. The minimum Gasteiger partial charge on any atom is -0.491 e. The van der Waals surface area contributed by atoms with Gasteiger partial charge in [0, 0.05) is 13.2 Å². The Morgan fingerprint density at radius 2 is 2.16 bits per heavy atom. The molecule has 106 valence electrons. The summed E-state index contributed by atoms with van der Waals surface area (Å²) in [6.45, 7) is 5.28. The van der Waals surface area contributed by atoms with Gasteiger partial charge in [0.25, 0.3) is 0 Å². The third-order valence-corrected chi connectivity index (χ3v) is 2.66. The standard InChI is InChI=1S/C15H23NO3/c1-2-6-13-7-3-4-8-15(13)19-12-14(18)11-16-9-5-10-17/h2-4,7-8,14,16-18H,1,5-6,9-12H2. The van der Waals surface area contributed by atoms with Gasteiger partial charge in [-0.25, -0.2) is 0 Å². The Hall–Kier alpha value is -1.36. The van der Waals surface area contributed by atoms with Gasteiger partial charge in [0.15, 0.2) is 0 Å². The van der Waals surface area contributed by atoms with Gasteiger partial charge in [-0.3, -0.25) is 0 Å². The smallest absolute Gasteiger partial charge is 0.122 e. The highest BCUT2D eigenvalue weighted by molar-refractivity contribution is 5.34. The van der Waals surface area contributed by atoms with Crippen LogP contribution in [0.15, 0.2) is 36.9 Å². The summed E-state index contributed by atoms with van der Waals surface area (Å²) < 4.78 is 5.62. The summed E-state index contributed by atoms with van der Waals surface area (Å²) in [7, 11) is 0. The van der Waals surface area contributed by atoms with E-state index in [1.807, 2.05) is 30.3 Å². The molecular formula is C15H23NO3. The van der Waals surface area contributed by atoms with Crippen LogP contribution in [0.5, 0.6) is 5.75 Å². The van der Waals surface area contributed by atoms with Crippen molar-refractivity contribution < 1.29 is 14.9 Å². The van der Waals surface area contributed by atoms with Crippen molar-refractivity contribution in [1.29, 1.82) is 0 Å². The lowest BCUT2D eigenvalue weighted by Crippen LogP contribution is -2.32. The van der Waals surface area contributed by atoms with Crippen molar-refractivity contribution in [3.8, 4) is 5.75 Å². The van der Waals surface area contributed by atoms with Gasteiger partial charge in [-0.15, -0.1) is 6.58 Å². The lowest BCUT2D eigenvalue weighted by Gasteiger charge is -2.15. The molecule has 0 saturated heterocycles. The monoisotopic (exact) mass is 265 g/mol. The van der Waals surface area contributed by atoms with Crippen molar-refractivity contribution in [3.63, 3.8) is 0 Å². The Morgan fingerprint density at radius 1 is 1.37 bits per heavy atom. The molecular weight excluding hydrogens is 242 g/mol. The van der Waals surface area contributed by atoms with Gasteiger partial charge in [-0.1, -0.05) is 24.3 Å². The first-order valence-corrected chi connectivity index (χ1v) is 6.59. The SMILES string of the molecule is C=CCc1ccccc1OCC(O)CNCCCO. The highest BCUT2D eigenvalue weighted by atomic mass is 16.5. The van der Waals surface area contributed by atoms with E-state index in [0.717, 1.165) is 17.7 Å².